The van der Waals surface area contributed by atoms with Crippen LogP contribution < -0.4 is 4.57 Å². The lowest BCUT2D eigenvalue weighted by Gasteiger charge is -1.94. The van der Waals surface area contributed by atoms with Crippen molar-refractivity contribution in [2.45, 2.75) is 6.54 Å². The lowest BCUT2D eigenvalue weighted by molar-refractivity contribution is -0.645. The zero-order valence-electron chi connectivity index (χ0n) is 11.0. The molecule has 4 aromatic rings. The van der Waals surface area contributed by atoms with E-state index >= 15 is 0 Å². The van der Waals surface area contributed by atoms with Crippen molar-refractivity contribution in [3.05, 3.63) is 48.7 Å². The summed E-state index contributed by atoms with van der Waals surface area (Å²) in [5.41, 5.74) is 5.95. The molecule has 5 nitrogen and oxygen atoms in total. The molecule has 0 radical (unpaired) electrons. The van der Waals surface area contributed by atoms with Gasteiger partial charge in [-0.15, -0.1) is 0 Å². The Balaban J connectivity index is 1.99. The maximum Gasteiger partial charge on any atom is 0.290 e. The SMILES string of the molecule is Cn1c2[n+](c3c1cn1cccnc31)Cc1cnccc1-2. The zero-order chi connectivity index (χ0) is 13.3. The molecule has 1 aliphatic rings. The van der Waals surface area contributed by atoms with Crippen molar-refractivity contribution in [1.29, 1.82) is 0 Å². The van der Waals surface area contributed by atoms with Gasteiger partial charge in [-0.2, -0.15) is 0 Å². The predicted molar refractivity (Wildman–Crippen MR) is 74.2 cm³/mol. The molecule has 0 aromatic carbocycles. The van der Waals surface area contributed by atoms with E-state index < -0.39 is 0 Å². The third-order valence-corrected chi connectivity index (χ3v) is 4.17. The van der Waals surface area contributed by atoms with Crippen molar-refractivity contribution in [2.75, 3.05) is 0 Å². The van der Waals surface area contributed by atoms with Gasteiger partial charge < -0.3 is 4.40 Å². The van der Waals surface area contributed by atoms with Crippen molar-refractivity contribution < 1.29 is 4.57 Å². The van der Waals surface area contributed by atoms with Gasteiger partial charge in [0.05, 0.1) is 18.8 Å². The molecular formula is C15H12N5+. The Labute approximate surface area is 114 Å². The Bertz CT molecular complexity index is 992. The van der Waals surface area contributed by atoms with Crippen LogP contribution >= 0.6 is 0 Å². The Morgan fingerprint density at radius 1 is 1.30 bits per heavy atom. The Morgan fingerprint density at radius 3 is 3.20 bits per heavy atom. The first-order valence-electron chi connectivity index (χ1n) is 6.62. The molecule has 5 rings (SSSR count). The number of aryl methyl sites for hydroxylation is 1. The number of hydrogen-bond donors (Lipinski definition) is 0. The standard InChI is InChI=1S/C15H12N5/c1-18-12-9-19-6-2-4-17-14(19)13(12)20-8-10-7-16-5-3-11(10)15(18)20/h2-7,9H,8H2,1H3/q+1. The van der Waals surface area contributed by atoms with Crippen LogP contribution in [0.2, 0.25) is 0 Å². The van der Waals surface area contributed by atoms with Crippen LogP contribution in [0.25, 0.3) is 28.1 Å². The fourth-order valence-electron chi connectivity index (χ4n) is 3.30. The van der Waals surface area contributed by atoms with Crippen LogP contribution in [0.15, 0.2) is 43.1 Å². The molecule has 96 valence electrons. The molecular weight excluding hydrogens is 250 g/mol. The molecule has 20 heavy (non-hydrogen) atoms. The quantitative estimate of drug-likeness (QED) is 0.397. The molecule has 0 fully saturated rings. The summed E-state index contributed by atoms with van der Waals surface area (Å²) in [6, 6.07) is 4.05. The van der Waals surface area contributed by atoms with E-state index in [0.717, 1.165) is 12.2 Å². The summed E-state index contributed by atoms with van der Waals surface area (Å²) in [5, 5.41) is 0. The largest absolute Gasteiger partial charge is 0.300 e. The highest BCUT2D eigenvalue weighted by Crippen LogP contribution is 2.31. The number of nitrogens with zero attached hydrogens (tertiary/aromatic N) is 5. The minimum absolute atomic E-state index is 0.867. The number of hydrogen-bond acceptors (Lipinski definition) is 2. The highest BCUT2D eigenvalue weighted by molar-refractivity contribution is 5.89. The summed E-state index contributed by atoms with van der Waals surface area (Å²) in [6.07, 6.45) is 9.85. The smallest absolute Gasteiger partial charge is 0.290 e. The highest BCUT2D eigenvalue weighted by atomic mass is 15.2. The zero-order valence-corrected chi connectivity index (χ0v) is 11.0. The monoisotopic (exact) mass is 262 g/mol. The van der Waals surface area contributed by atoms with Crippen molar-refractivity contribution in [3.8, 4) is 11.4 Å². The number of imidazole rings is 1. The maximum absolute atomic E-state index is 4.54. The van der Waals surface area contributed by atoms with Gasteiger partial charge in [0.25, 0.3) is 5.82 Å². The third kappa shape index (κ3) is 1.02. The molecule has 0 N–H and O–H groups in total. The average Bonchev–Trinajstić information content (AvgIpc) is 3.10. The molecule has 0 atom stereocenters. The topological polar surface area (TPSA) is 39.0 Å². The third-order valence-electron chi connectivity index (χ3n) is 4.17. The van der Waals surface area contributed by atoms with Gasteiger partial charge in [-0.3, -0.25) is 4.98 Å². The van der Waals surface area contributed by atoms with E-state index in [2.05, 4.69) is 42.8 Å². The van der Waals surface area contributed by atoms with Gasteiger partial charge >= 0.3 is 0 Å². The molecule has 0 aliphatic carbocycles. The van der Waals surface area contributed by atoms with Crippen LogP contribution in [0.4, 0.5) is 0 Å². The predicted octanol–water partition coefficient (Wildman–Crippen LogP) is 1.54. The van der Waals surface area contributed by atoms with Crippen molar-refractivity contribution >= 4 is 16.7 Å². The van der Waals surface area contributed by atoms with Crippen molar-refractivity contribution in [2.24, 2.45) is 7.05 Å². The molecule has 0 amide bonds. The Kier molecular flexibility index (Phi) is 1.65. The second-order valence-corrected chi connectivity index (χ2v) is 5.22. The summed E-state index contributed by atoms with van der Waals surface area (Å²) < 4.78 is 6.67. The van der Waals surface area contributed by atoms with Crippen molar-refractivity contribution in [1.82, 2.24) is 18.9 Å². The van der Waals surface area contributed by atoms with Crippen LogP contribution in [0.3, 0.4) is 0 Å². The molecule has 0 bridgehead atoms. The van der Waals surface area contributed by atoms with Gasteiger partial charge in [0.15, 0.2) is 11.2 Å². The van der Waals surface area contributed by atoms with Crippen molar-refractivity contribution in [3.63, 3.8) is 0 Å². The van der Waals surface area contributed by atoms with E-state index in [1.54, 1.807) is 0 Å². The van der Waals surface area contributed by atoms with Crippen LogP contribution in [0, 0.1) is 0 Å². The van der Waals surface area contributed by atoms with Crippen LogP contribution in [0.1, 0.15) is 5.56 Å². The Morgan fingerprint density at radius 2 is 2.25 bits per heavy atom. The first kappa shape index (κ1) is 10.1. The molecule has 4 aromatic heterocycles. The van der Waals surface area contributed by atoms with E-state index in [9.17, 15) is 0 Å². The van der Waals surface area contributed by atoms with Crippen LogP contribution in [0.5, 0.6) is 0 Å². The number of aromatic nitrogens is 5. The van der Waals surface area contributed by atoms with E-state index in [1.807, 2.05) is 30.9 Å². The summed E-state index contributed by atoms with van der Waals surface area (Å²) in [4.78, 5) is 8.77. The number of rotatable bonds is 0. The van der Waals surface area contributed by atoms with Gasteiger partial charge in [-0.05, 0) is 12.1 Å². The minimum Gasteiger partial charge on any atom is -0.300 e. The average molecular weight is 262 g/mol. The molecule has 0 saturated carbocycles. The minimum atomic E-state index is 0.867. The van der Waals surface area contributed by atoms with E-state index in [4.69, 9.17) is 0 Å². The summed E-state index contributed by atoms with van der Waals surface area (Å²) in [5.74, 6) is 1.24. The fourth-order valence-corrected chi connectivity index (χ4v) is 3.30. The summed E-state index contributed by atoms with van der Waals surface area (Å²) >= 11 is 0. The second-order valence-electron chi connectivity index (χ2n) is 5.22. The van der Waals surface area contributed by atoms with Gasteiger partial charge in [0.1, 0.15) is 6.54 Å². The van der Waals surface area contributed by atoms with Crippen LogP contribution in [-0.2, 0) is 13.6 Å². The molecule has 5 heteroatoms. The summed E-state index contributed by atoms with van der Waals surface area (Å²) in [6.45, 7) is 0.867. The molecule has 0 unspecified atom stereocenters. The van der Waals surface area contributed by atoms with Gasteiger partial charge in [0, 0.05) is 30.4 Å². The highest BCUT2D eigenvalue weighted by Gasteiger charge is 2.34. The molecule has 0 spiro atoms. The van der Waals surface area contributed by atoms with E-state index in [-0.39, 0.29) is 0 Å². The van der Waals surface area contributed by atoms with Crippen LogP contribution in [-0.4, -0.2) is 18.9 Å². The number of pyridine rings is 1. The molecule has 1 aliphatic heterocycles. The lowest BCUT2D eigenvalue weighted by atomic mass is 10.2. The van der Waals surface area contributed by atoms with Gasteiger partial charge in [0.2, 0.25) is 5.52 Å². The normalized spacial score (nSPS) is 13.1. The second kappa shape index (κ2) is 3.25. The van der Waals surface area contributed by atoms with Gasteiger partial charge in [-0.1, -0.05) is 0 Å². The van der Waals surface area contributed by atoms with E-state index in [1.165, 1.54) is 28.0 Å². The Hall–Kier alpha value is -2.69. The lowest BCUT2D eigenvalue weighted by Crippen LogP contribution is -2.31. The maximum atomic E-state index is 4.54. The first-order chi connectivity index (χ1) is 9.84. The van der Waals surface area contributed by atoms with E-state index in [0.29, 0.717) is 0 Å². The van der Waals surface area contributed by atoms with Gasteiger partial charge in [-0.25, -0.2) is 14.1 Å². The summed E-state index contributed by atoms with van der Waals surface area (Å²) in [7, 11) is 2.11. The number of fused-ring (bicyclic) bond motifs is 7. The first-order valence-corrected chi connectivity index (χ1v) is 6.62. The molecule has 0 saturated heterocycles. The molecule has 5 heterocycles. The fraction of sp³-hybridized carbons (Fsp3) is 0.133.